The summed E-state index contributed by atoms with van der Waals surface area (Å²) in [7, 11) is 0. The maximum absolute atomic E-state index is 12.5. The highest BCUT2D eigenvalue weighted by molar-refractivity contribution is 5.78. The van der Waals surface area contributed by atoms with E-state index in [1.807, 2.05) is 0 Å². The fraction of sp³-hybridized carbons (Fsp3) is 0.556. The Kier molecular flexibility index (Phi) is 5.22. The average molecular weight is 303 g/mol. The molecule has 22 heavy (non-hydrogen) atoms. The largest absolute Gasteiger partial charge is 0.481 e. The molecule has 1 unspecified atom stereocenters. The third-order valence-electron chi connectivity index (χ3n) is 4.11. The Labute approximate surface area is 132 Å². The number of hydrogen-bond acceptors (Lipinski definition) is 2. The minimum atomic E-state index is -0.840. The zero-order valence-corrected chi connectivity index (χ0v) is 13.6. The van der Waals surface area contributed by atoms with Crippen LogP contribution in [-0.2, 0) is 16.0 Å². The number of amides is 1. The lowest BCUT2D eigenvalue weighted by Gasteiger charge is -2.24. The molecule has 0 aliphatic heterocycles. The summed E-state index contributed by atoms with van der Waals surface area (Å²) in [5.74, 6) is -1.27. The van der Waals surface area contributed by atoms with Gasteiger partial charge in [-0.15, -0.1) is 0 Å². The molecule has 1 amide bonds. The normalized spacial score (nSPS) is 15.4. The molecule has 1 aliphatic carbocycles. The van der Waals surface area contributed by atoms with Crippen molar-refractivity contribution < 1.29 is 14.7 Å². The van der Waals surface area contributed by atoms with Crippen molar-refractivity contribution in [1.82, 2.24) is 4.90 Å². The summed E-state index contributed by atoms with van der Waals surface area (Å²) < 4.78 is 0. The SMILES string of the molecule is Cc1cc(C)cc(CCC(=O)N(CC(C)C(=O)O)C2CC2)c1. The van der Waals surface area contributed by atoms with E-state index < -0.39 is 11.9 Å². The lowest BCUT2D eigenvalue weighted by Crippen LogP contribution is -2.38. The third kappa shape index (κ3) is 4.58. The van der Waals surface area contributed by atoms with Crippen molar-refractivity contribution in [2.75, 3.05) is 6.54 Å². The minimum absolute atomic E-state index is 0.0785. The van der Waals surface area contributed by atoms with Crippen LogP contribution in [0.1, 0.15) is 42.9 Å². The molecule has 1 fully saturated rings. The van der Waals surface area contributed by atoms with Crippen molar-refractivity contribution in [2.45, 2.75) is 52.5 Å². The summed E-state index contributed by atoms with van der Waals surface area (Å²) >= 11 is 0. The van der Waals surface area contributed by atoms with E-state index in [-0.39, 0.29) is 11.9 Å². The number of rotatable bonds is 7. The van der Waals surface area contributed by atoms with Crippen LogP contribution in [0.3, 0.4) is 0 Å². The first-order valence-corrected chi connectivity index (χ1v) is 7.96. The van der Waals surface area contributed by atoms with Gasteiger partial charge in [-0.3, -0.25) is 9.59 Å². The lowest BCUT2D eigenvalue weighted by molar-refractivity contribution is -0.143. The highest BCUT2D eigenvalue weighted by Gasteiger charge is 2.34. The number of carbonyl (C=O) groups is 2. The van der Waals surface area contributed by atoms with Gasteiger partial charge in [0, 0.05) is 19.0 Å². The highest BCUT2D eigenvalue weighted by Crippen LogP contribution is 2.28. The summed E-state index contributed by atoms with van der Waals surface area (Å²) in [6.45, 7) is 6.10. The highest BCUT2D eigenvalue weighted by atomic mass is 16.4. The van der Waals surface area contributed by atoms with Crippen LogP contribution in [0.5, 0.6) is 0 Å². The number of carbonyl (C=O) groups excluding carboxylic acids is 1. The summed E-state index contributed by atoms with van der Waals surface area (Å²) in [6.07, 6.45) is 3.17. The molecule has 2 rings (SSSR count). The fourth-order valence-corrected chi connectivity index (χ4v) is 2.82. The fourth-order valence-electron chi connectivity index (χ4n) is 2.82. The Balaban J connectivity index is 1.95. The Bertz CT molecular complexity index is 543. The molecule has 0 spiro atoms. The molecule has 1 N–H and O–H groups in total. The van der Waals surface area contributed by atoms with Gasteiger partial charge in [0.15, 0.2) is 0 Å². The molecular weight excluding hydrogens is 278 g/mol. The van der Waals surface area contributed by atoms with Gasteiger partial charge >= 0.3 is 5.97 Å². The van der Waals surface area contributed by atoms with Gasteiger partial charge in [0.1, 0.15) is 0 Å². The molecule has 0 radical (unpaired) electrons. The van der Waals surface area contributed by atoms with E-state index in [1.54, 1.807) is 11.8 Å². The number of aliphatic carboxylic acids is 1. The molecule has 0 heterocycles. The standard InChI is InChI=1S/C18H25NO3/c1-12-8-13(2)10-15(9-12)4-7-17(20)19(16-5-6-16)11-14(3)18(21)22/h8-10,14,16H,4-7,11H2,1-3H3,(H,21,22). The van der Waals surface area contributed by atoms with Gasteiger partial charge in [-0.05, 0) is 38.7 Å². The second-order valence-corrected chi connectivity index (χ2v) is 6.51. The summed E-state index contributed by atoms with van der Waals surface area (Å²) in [5.41, 5.74) is 3.59. The van der Waals surface area contributed by atoms with E-state index in [9.17, 15) is 9.59 Å². The average Bonchev–Trinajstić information content (AvgIpc) is 3.25. The van der Waals surface area contributed by atoms with Crippen LogP contribution in [-0.4, -0.2) is 34.5 Å². The summed E-state index contributed by atoms with van der Waals surface area (Å²) in [5, 5.41) is 9.05. The van der Waals surface area contributed by atoms with Crippen LogP contribution in [0, 0.1) is 19.8 Å². The van der Waals surface area contributed by atoms with Gasteiger partial charge in [-0.2, -0.15) is 0 Å². The number of aryl methyl sites for hydroxylation is 3. The Morgan fingerprint density at radius 3 is 2.32 bits per heavy atom. The molecule has 1 aromatic carbocycles. The molecule has 4 heteroatoms. The predicted molar refractivity (Wildman–Crippen MR) is 85.8 cm³/mol. The molecule has 1 saturated carbocycles. The number of hydrogen-bond donors (Lipinski definition) is 1. The second-order valence-electron chi connectivity index (χ2n) is 6.51. The van der Waals surface area contributed by atoms with E-state index in [4.69, 9.17) is 5.11 Å². The van der Waals surface area contributed by atoms with Crippen molar-refractivity contribution in [3.63, 3.8) is 0 Å². The van der Waals surface area contributed by atoms with Crippen molar-refractivity contribution in [2.24, 2.45) is 5.92 Å². The van der Waals surface area contributed by atoms with Gasteiger partial charge < -0.3 is 10.0 Å². The predicted octanol–water partition coefficient (Wildman–Crippen LogP) is 2.95. The summed E-state index contributed by atoms with van der Waals surface area (Å²) in [4.78, 5) is 25.3. The number of benzene rings is 1. The number of carboxylic acid groups (broad SMARTS) is 1. The molecule has 0 aromatic heterocycles. The maximum Gasteiger partial charge on any atom is 0.308 e. The van der Waals surface area contributed by atoms with Crippen molar-refractivity contribution in [3.05, 3.63) is 34.9 Å². The zero-order valence-electron chi connectivity index (χ0n) is 13.6. The van der Waals surface area contributed by atoms with Crippen molar-refractivity contribution in [3.8, 4) is 0 Å². The van der Waals surface area contributed by atoms with Crippen LogP contribution >= 0.6 is 0 Å². The van der Waals surface area contributed by atoms with E-state index in [0.29, 0.717) is 19.4 Å². The van der Waals surface area contributed by atoms with Crippen LogP contribution < -0.4 is 0 Å². The maximum atomic E-state index is 12.5. The van der Waals surface area contributed by atoms with E-state index in [1.165, 1.54) is 16.7 Å². The lowest BCUT2D eigenvalue weighted by atomic mass is 10.0. The smallest absolute Gasteiger partial charge is 0.308 e. The van der Waals surface area contributed by atoms with Crippen molar-refractivity contribution >= 4 is 11.9 Å². The van der Waals surface area contributed by atoms with Crippen LogP contribution in [0.25, 0.3) is 0 Å². The van der Waals surface area contributed by atoms with E-state index in [0.717, 1.165) is 12.8 Å². The van der Waals surface area contributed by atoms with Gasteiger partial charge in [0.05, 0.1) is 5.92 Å². The molecule has 4 nitrogen and oxygen atoms in total. The topological polar surface area (TPSA) is 57.6 Å². The van der Waals surface area contributed by atoms with Crippen LogP contribution in [0.4, 0.5) is 0 Å². The molecule has 1 aliphatic rings. The van der Waals surface area contributed by atoms with E-state index >= 15 is 0 Å². The van der Waals surface area contributed by atoms with Gasteiger partial charge in [-0.25, -0.2) is 0 Å². The zero-order chi connectivity index (χ0) is 16.3. The second kappa shape index (κ2) is 6.95. The molecule has 1 aromatic rings. The third-order valence-corrected chi connectivity index (χ3v) is 4.11. The Hall–Kier alpha value is -1.84. The first kappa shape index (κ1) is 16.5. The van der Waals surface area contributed by atoms with Gasteiger partial charge in [0.2, 0.25) is 5.91 Å². The quantitative estimate of drug-likeness (QED) is 0.842. The minimum Gasteiger partial charge on any atom is -0.481 e. The Morgan fingerprint density at radius 1 is 1.23 bits per heavy atom. The van der Waals surface area contributed by atoms with Gasteiger partial charge in [0.25, 0.3) is 0 Å². The van der Waals surface area contributed by atoms with E-state index in [2.05, 4.69) is 32.0 Å². The molecule has 0 saturated heterocycles. The molecule has 0 bridgehead atoms. The first-order valence-electron chi connectivity index (χ1n) is 7.96. The summed E-state index contributed by atoms with van der Waals surface area (Å²) in [6, 6.07) is 6.60. The van der Waals surface area contributed by atoms with Crippen molar-refractivity contribution in [1.29, 1.82) is 0 Å². The molecule has 120 valence electrons. The number of carboxylic acids is 1. The molecule has 1 atom stereocenters. The first-order chi connectivity index (χ1) is 10.4. The van der Waals surface area contributed by atoms with Crippen LogP contribution in [0.2, 0.25) is 0 Å². The van der Waals surface area contributed by atoms with Gasteiger partial charge in [-0.1, -0.05) is 36.2 Å². The Morgan fingerprint density at radius 2 is 1.82 bits per heavy atom. The monoisotopic (exact) mass is 303 g/mol. The molecular formula is C18H25NO3. The van der Waals surface area contributed by atoms with Crippen LogP contribution in [0.15, 0.2) is 18.2 Å². The number of nitrogens with zero attached hydrogens (tertiary/aromatic N) is 1.